The number of rotatable bonds is 8. The van der Waals surface area contributed by atoms with Crippen LogP contribution in [-0.4, -0.2) is 16.6 Å². The van der Waals surface area contributed by atoms with Crippen molar-refractivity contribution in [1.82, 2.24) is 4.98 Å². The van der Waals surface area contributed by atoms with Gasteiger partial charge in [-0.05, 0) is 73.0 Å². The topological polar surface area (TPSA) is 33.2 Å². The van der Waals surface area contributed by atoms with E-state index in [2.05, 4.69) is 26.0 Å². The van der Waals surface area contributed by atoms with E-state index in [1.165, 1.54) is 17.7 Å². The number of benzene rings is 3. The fraction of sp³-hybridized carbons (Fsp3) is 0.231. The van der Waals surface area contributed by atoms with E-state index in [4.69, 9.17) is 4.98 Å². The molecule has 0 aliphatic carbocycles. The summed E-state index contributed by atoms with van der Waals surface area (Å²) < 4.78 is 14.2. The normalized spacial score (nSPS) is 11.1. The number of anilines is 1. The zero-order chi connectivity index (χ0) is 22.5. The smallest absolute Gasteiger partial charge is 0.229 e. The summed E-state index contributed by atoms with van der Waals surface area (Å²) in [5, 5.41) is 0.744. The molecule has 0 fully saturated rings. The lowest BCUT2D eigenvalue weighted by Gasteiger charge is -2.20. The number of halogens is 1. The molecule has 0 spiro atoms. The van der Waals surface area contributed by atoms with Crippen LogP contribution in [0.15, 0.2) is 71.6 Å². The highest BCUT2D eigenvalue weighted by molar-refractivity contribution is 7.99. The molecule has 32 heavy (non-hydrogen) atoms. The molecule has 0 aliphatic heterocycles. The summed E-state index contributed by atoms with van der Waals surface area (Å²) in [6.07, 6.45) is 1.18. The molecule has 1 heterocycles. The number of hydrogen-bond acceptors (Lipinski definition) is 4. The maximum absolute atomic E-state index is 13.3. The number of thioether (sulfide) groups is 1. The van der Waals surface area contributed by atoms with Gasteiger partial charge in [0, 0.05) is 11.3 Å². The summed E-state index contributed by atoms with van der Waals surface area (Å²) in [4.78, 5) is 20.9. The Kier molecular flexibility index (Phi) is 7.22. The Morgan fingerprint density at radius 1 is 1.06 bits per heavy atom. The number of amides is 1. The van der Waals surface area contributed by atoms with Crippen LogP contribution in [-0.2, 0) is 11.3 Å². The second-order valence-corrected chi connectivity index (χ2v) is 9.97. The minimum atomic E-state index is -0.234. The molecule has 0 atom stereocenters. The number of thiazole rings is 1. The second-order valence-electron chi connectivity index (χ2n) is 7.80. The summed E-state index contributed by atoms with van der Waals surface area (Å²) in [6.45, 7) is 4.65. The van der Waals surface area contributed by atoms with Crippen LogP contribution >= 0.6 is 23.1 Å². The Bertz CT molecular complexity index is 1210. The maximum Gasteiger partial charge on any atom is 0.229 e. The van der Waals surface area contributed by atoms with Gasteiger partial charge in [0.2, 0.25) is 5.91 Å². The average Bonchev–Trinajstić information content (AvgIpc) is 3.21. The number of carbonyl (C=O) groups is 1. The van der Waals surface area contributed by atoms with Crippen LogP contribution < -0.4 is 4.90 Å². The van der Waals surface area contributed by atoms with Gasteiger partial charge in [-0.1, -0.05) is 47.7 Å². The molecule has 1 amide bonds. The molecule has 0 saturated carbocycles. The molecule has 3 aromatic carbocycles. The fourth-order valence-electron chi connectivity index (χ4n) is 3.58. The second kappa shape index (κ2) is 10.3. The maximum atomic E-state index is 13.3. The van der Waals surface area contributed by atoms with Gasteiger partial charge < -0.3 is 0 Å². The molecular weight excluding hydrogens is 439 g/mol. The fourth-order valence-corrected chi connectivity index (χ4v) is 5.59. The lowest BCUT2D eigenvalue weighted by Crippen LogP contribution is -2.30. The largest absolute Gasteiger partial charge is 0.284 e. The zero-order valence-corrected chi connectivity index (χ0v) is 19.8. The molecule has 0 bridgehead atoms. The summed E-state index contributed by atoms with van der Waals surface area (Å²) in [7, 11) is 0. The van der Waals surface area contributed by atoms with Gasteiger partial charge in [0.1, 0.15) is 5.82 Å². The van der Waals surface area contributed by atoms with E-state index in [0.29, 0.717) is 13.0 Å². The highest BCUT2D eigenvalue weighted by Gasteiger charge is 2.20. The monoisotopic (exact) mass is 464 g/mol. The van der Waals surface area contributed by atoms with E-state index in [1.54, 1.807) is 35.2 Å². The minimum Gasteiger partial charge on any atom is -0.284 e. The van der Waals surface area contributed by atoms with Crippen molar-refractivity contribution in [3.63, 3.8) is 0 Å². The van der Waals surface area contributed by atoms with E-state index in [-0.39, 0.29) is 11.7 Å². The van der Waals surface area contributed by atoms with Gasteiger partial charge >= 0.3 is 0 Å². The average molecular weight is 465 g/mol. The number of aryl methyl sites for hydroxylation is 2. The van der Waals surface area contributed by atoms with Gasteiger partial charge in [-0.15, -0.1) is 11.8 Å². The predicted molar refractivity (Wildman–Crippen MR) is 133 cm³/mol. The van der Waals surface area contributed by atoms with Crippen LogP contribution in [0, 0.1) is 19.7 Å². The van der Waals surface area contributed by atoms with Gasteiger partial charge in [-0.2, -0.15) is 0 Å². The van der Waals surface area contributed by atoms with Gasteiger partial charge in [0.05, 0.1) is 16.8 Å². The van der Waals surface area contributed by atoms with E-state index in [0.717, 1.165) is 43.5 Å². The first kappa shape index (κ1) is 22.5. The lowest BCUT2D eigenvalue weighted by atomic mass is 10.1. The molecule has 4 aromatic rings. The van der Waals surface area contributed by atoms with Crippen LogP contribution in [0.5, 0.6) is 0 Å². The van der Waals surface area contributed by atoms with Crippen molar-refractivity contribution >= 4 is 44.4 Å². The first-order chi connectivity index (χ1) is 15.5. The molecule has 164 valence electrons. The highest BCUT2D eigenvalue weighted by atomic mass is 32.2. The van der Waals surface area contributed by atoms with Crippen molar-refractivity contribution in [2.75, 3.05) is 10.7 Å². The van der Waals surface area contributed by atoms with Gasteiger partial charge in [-0.25, -0.2) is 9.37 Å². The number of hydrogen-bond donors (Lipinski definition) is 0. The Hall–Kier alpha value is -2.70. The van der Waals surface area contributed by atoms with Crippen LogP contribution in [0.4, 0.5) is 9.52 Å². The molecule has 0 saturated heterocycles. The number of carbonyl (C=O) groups excluding carboxylic acids is 1. The molecule has 0 radical (unpaired) electrons. The first-order valence-electron chi connectivity index (χ1n) is 10.6. The minimum absolute atomic E-state index is 0.0713. The molecule has 4 rings (SSSR count). The predicted octanol–water partition coefficient (Wildman–Crippen LogP) is 7.16. The third-order valence-corrected chi connectivity index (χ3v) is 7.28. The molecule has 3 nitrogen and oxygen atoms in total. The SMILES string of the molecule is Cc1cc(C)c2nc(N(Cc3ccccc3)C(=O)CCCSc3ccc(F)cc3)sc2c1. The van der Waals surface area contributed by atoms with E-state index < -0.39 is 0 Å². The van der Waals surface area contributed by atoms with E-state index >= 15 is 0 Å². The van der Waals surface area contributed by atoms with Crippen molar-refractivity contribution in [2.45, 2.75) is 38.1 Å². The molecular formula is C26H25FN2OS2. The quantitative estimate of drug-likeness (QED) is 0.205. The Balaban J connectivity index is 1.49. The van der Waals surface area contributed by atoms with Crippen LogP contribution in [0.25, 0.3) is 10.2 Å². The standard InChI is InChI=1S/C26H25FN2OS2/c1-18-15-19(2)25-23(16-18)32-26(28-25)29(17-20-7-4-3-5-8-20)24(30)9-6-14-31-22-12-10-21(27)11-13-22/h3-5,7-8,10-13,15-16H,6,9,14,17H2,1-2H3. The summed E-state index contributed by atoms with van der Waals surface area (Å²) >= 11 is 3.21. The third-order valence-electron chi connectivity index (χ3n) is 5.15. The summed E-state index contributed by atoms with van der Waals surface area (Å²) in [5.41, 5.74) is 4.37. The van der Waals surface area contributed by atoms with Crippen molar-refractivity contribution in [1.29, 1.82) is 0 Å². The zero-order valence-electron chi connectivity index (χ0n) is 18.2. The summed E-state index contributed by atoms with van der Waals surface area (Å²) in [6, 6.07) is 20.8. The molecule has 6 heteroatoms. The van der Waals surface area contributed by atoms with Gasteiger partial charge in [0.25, 0.3) is 0 Å². The lowest BCUT2D eigenvalue weighted by molar-refractivity contribution is -0.118. The molecule has 0 N–H and O–H groups in total. The Labute approximate surface area is 196 Å². The third kappa shape index (κ3) is 5.56. The number of fused-ring (bicyclic) bond motifs is 1. The number of aromatic nitrogens is 1. The highest BCUT2D eigenvalue weighted by Crippen LogP contribution is 2.33. The van der Waals surface area contributed by atoms with Crippen molar-refractivity contribution in [3.8, 4) is 0 Å². The van der Waals surface area contributed by atoms with Gasteiger partial charge in [0.15, 0.2) is 5.13 Å². The van der Waals surface area contributed by atoms with Crippen molar-refractivity contribution < 1.29 is 9.18 Å². The molecule has 1 aromatic heterocycles. The van der Waals surface area contributed by atoms with Crippen LogP contribution in [0.3, 0.4) is 0 Å². The molecule has 0 unspecified atom stereocenters. The summed E-state index contributed by atoms with van der Waals surface area (Å²) in [5.74, 6) is 0.638. The van der Waals surface area contributed by atoms with Crippen molar-refractivity contribution in [2.24, 2.45) is 0 Å². The first-order valence-corrected chi connectivity index (χ1v) is 12.4. The number of nitrogens with zero attached hydrogens (tertiary/aromatic N) is 2. The Morgan fingerprint density at radius 2 is 1.81 bits per heavy atom. The van der Waals surface area contributed by atoms with E-state index in [1.807, 2.05) is 35.2 Å². The molecule has 0 aliphatic rings. The van der Waals surface area contributed by atoms with Crippen LogP contribution in [0.2, 0.25) is 0 Å². The van der Waals surface area contributed by atoms with Crippen LogP contribution in [0.1, 0.15) is 29.5 Å². The van der Waals surface area contributed by atoms with Gasteiger partial charge in [-0.3, -0.25) is 9.69 Å². The van der Waals surface area contributed by atoms with E-state index in [9.17, 15) is 9.18 Å². The Morgan fingerprint density at radius 3 is 2.56 bits per heavy atom. The van der Waals surface area contributed by atoms with Crippen molar-refractivity contribution in [3.05, 3.63) is 89.2 Å².